The number of aromatic nitrogens is 1. The number of anilines is 4. The molecule has 4 aromatic carbocycles. The normalized spacial score (nSPS) is 14.3. The molecule has 1 fully saturated rings. The predicted octanol–water partition coefficient (Wildman–Crippen LogP) is 6.13. The summed E-state index contributed by atoms with van der Waals surface area (Å²) in [5.41, 5.74) is 6.29. The maximum absolute atomic E-state index is 13.9. The van der Waals surface area contributed by atoms with Crippen LogP contribution in [0, 0.1) is 0 Å². The fourth-order valence-electron chi connectivity index (χ4n) is 5.79. The number of para-hydroxylation sites is 2. The van der Waals surface area contributed by atoms with Crippen LogP contribution in [0.5, 0.6) is 11.5 Å². The van der Waals surface area contributed by atoms with Crippen molar-refractivity contribution >= 4 is 39.4 Å². The van der Waals surface area contributed by atoms with E-state index in [2.05, 4.69) is 26.3 Å². The molecule has 8 nitrogen and oxygen atoms in total. The standard InChI is InChI=1S/C32H28N4O4/c1-38-21-13-11-20(12-14-21)33-24-19-26(36-17-15-35(16-18-36)25-9-5-6-10-27(25)39-2)30-29-28(24)31(37)22-7-3-4-8-23(22)32(29)40-34-30/h3-14,19,33H,15-18H2,1-2H3. The Morgan fingerprint density at radius 1 is 0.800 bits per heavy atom. The second-order valence-electron chi connectivity index (χ2n) is 9.93. The number of methoxy groups -OCH3 is 2. The second-order valence-corrected chi connectivity index (χ2v) is 9.93. The average molecular weight is 533 g/mol. The van der Waals surface area contributed by atoms with Crippen LogP contribution in [0.25, 0.3) is 22.2 Å². The van der Waals surface area contributed by atoms with Gasteiger partial charge in [0.1, 0.15) is 17.0 Å². The Hall–Kier alpha value is -4.98. The van der Waals surface area contributed by atoms with Gasteiger partial charge in [0.05, 0.1) is 42.2 Å². The van der Waals surface area contributed by atoms with Crippen molar-refractivity contribution in [2.24, 2.45) is 0 Å². The summed E-state index contributed by atoms with van der Waals surface area (Å²) >= 11 is 0. The Morgan fingerprint density at radius 3 is 2.20 bits per heavy atom. The van der Waals surface area contributed by atoms with Crippen molar-refractivity contribution in [1.29, 1.82) is 0 Å². The minimum Gasteiger partial charge on any atom is -0.497 e. The minimum atomic E-state index is -0.0418. The number of rotatable bonds is 6. The highest BCUT2D eigenvalue weighted by molar-refractivity contribution is 6.28. The predicted molar refractivity (Wildman–Crippen MR) is 157 cm³/mol. The summed E-state index contributed by atoms with van der Waals surface area (Å²) in [6.07, 6.45) is 0. The third kappa shape index (κ3) is 3.83. The summed E-state index contributed by atoms with van der Waals surface area (Å²) < 4.78 is 16.9. The van der Waals surface area contributed by atoms with Crippen molar-refractivity contribution in [2.75, 3.05) is 55.5 Å². The van der Waals surface area contributed by atoms with Gasteiger partial charge < -0.3 is 29.1 Å². The van der Waals surface area contributed by atoms with Gasteiger partial charge in [0.15, 0.2) is 11.5 Å². The molecule has 0 atom stereocenters. The van der Waals surface area contributed by atoms with Crippen LogP contribution in [0.2, 0.25) is 0 Å². The van der Waals surface area contributed by atoms with Crippen LogP contribution in [-0.4, -0.2) is 51.3 Å². The van der Waals surface area contributed by atoms with Crippen LogP contribution in [0.15, 0.2) is 83.4 Å². The number of hydrogen-bond donors (Lipinski definition) is 1. The Labute approximate surface area is 231 Å². The highest BCUT2D eigenvalue weighted by atomic mass is 16.5. The molecule has 2 aliphatic rings. The topological polar surface area (TPSA) is 80.1 Å². The monoisotopic (exact) mass is 532 g/mol. The summed E-state index contributed by atoms with van der Waals surface area (Å²) in [5.74, 6) is 2.23. The van der Waals surface area contributed by atoms with E-state index in [1.165, 1.54) is 0 Å². The first kappa shape index (κ1) is 24.1. The molecule has 1 aliphatic heterocycles. The van der Waals surface area contributed by atoms with Crippen molar-refractivity contribution in [3.63, 3.8) is 0 Å². The molecule has 1 aromatic heterocycles. The van der Waals surface area contributed by atoms with Crippen molar-refractivity contribution < 1.29 is 18.8 Å². The number of piperazine rings is 1. The van der Waals surface area contributed by atoms with Gasteiger partial charge in [-0.25, -0.2) is 0 Å². The van der Waals surface area contributed by atoms with Gasteiger partial charge in [-0.05, 0) is 42.5 Å². The lowest BCUT2D eigenvalue weighted by Gasteiger charge is -2.38. The molecule has 0 spiro atoms. The quantitative estimate of drug-likeness (QED) is 0.275. The van der Waals surface area contributed by atoms with E-state index >= 15 is 0 Å². The zero-order valence-electron chi connectivity index (χ0n) is 22.3. The van der Waals surface area contributed by atoms with Crippen LogP contribution in [0.1, 0.15) is 15.9 Å². The van der Waals surface area contributed by atoms with E-state index in [0.717, 1.165) is 71.4 Å². The van der Waals surface area contributed by atoms with E-state index < -0.39 is 0 Å². The van der Waals surface area contributed by atoms with Gasteiger partial charge in [0.2, 0.25) is 0 Å². The Kier molecular flexibility index (Phi) is 5.81. The number of benzene rings is 4. The molecular weight excluding hydrogens is 504 g/mol. The first-order valence-corrected chi connectivity index (χ1v) is 13.3. The first-order valence-electron chi connectivity index (χ1n) is 13.3. The molecule has 0 bridgehead atoms. The van der Waals surface area contributed by atoms with Crippen LogP contribution in [-0.2, 0) is 0 Å². The van der Waals surface area contributed by atoms with Gasteiger partial charge in [-0.1, -0.05) is 41.6 Å². The van der Waals surface area contributed by atoms with Gasteiger partial charge in [-0.3, -0.25) is 4.79 Å². The second kappa shape index (κ2) is 9.64. The summed E-state index contributed by atoms with van der Waals surface area (Å²) in [7, 11) is 3.35. The van der Waals surface area contributed by atoms with Crippen LogP contribution >= 0.6 is 0 Å². The minimum absolute atomic E-state index is 0.0418. The van der Waals surface area contributed by atoms with Gasteiger partial charge in [0, 0.05) is 43.0 Å². The fourth-order valence-corrected chi connectivity index (χ4v) is 5.79. The summed E-state index contributed by atoms with van der Waals surface area (Å²) in [6, 6.07) is 25.4. The van der Waals surface area contributed by atoms with Crippen molar-refractivity contribution in [1.82, 2.24) is 5.16 Å². The molecule has 5 aromatic rings. The zero-order valence-corrected chi connectivity index (χ0v) is 22.3. The van der Waals surface area contributed by atoms with Crippen LogP contribution in [0.4, 0.5) is 22.7 Å². The molecular formula is C32H28N4O4. The number of ether oxygens (including phenoxy) is 2. The fraction of sp³-hybridized carbons (Fsp3) is 0.188. The third-order valence-corrected chi connectivity index (χ3v) is 7.79. The number of carbonyl (C=O) groups is 1. The molecule has 200 valence electrons. The van der Waals surface area contributed by atoms with E-state index in [4.69, 9.17) is 14.0 Å². The number of carbonyl (C=O) groups excluding carboxylic acids is 1. The van der Waals surface area contributed by atoms with Gasteiger partial charge in [-0.2, -0.15) is 0 Å². The van der Waals surface area contributed by atoms with E-state index in [1.807, 2.05) is 72.8 Å². The molecule has 2 heterocycles. The highest BCUT2D eigenvalue weighted by Gasteiger charge is 2.34. The zero-order chi connectivity index (χ0) is 27.2. The van der Waals surface area contributed by atoms with E-state index in [1.54, 1.807) is 14.2 Å². The first-order chi connectivity index (χ1) is 19.7. The van der Waals surface area contributed by atoms with Crippen molar-refractivity contribution in [3.05, 3.63) is 90.0 Å². The summed E-state index contributed by atoms with van der Waals surface area (Å²) in [4.78, 5) is 18.6. The number of fused-ring (bicyclic) bond motifs is 2. The van der Waals surface area contributed by atoms with E-state index in [0.29, 0.717) is 22.4 Å². The molecule has 0 unspecified atom stereocenters. The number of hydrogen-bond acceptors (Lipinski definition) is 8. The number of ketones is 1. The Morgan fingerprint density at radius 2 is 1.48 bits per heavy atom. The smallest absolute Gasteiger partial charge is 0.196 e. The number of nitrogens with one attached hydrogen (secondary N) is 1. The molecule has 1 saturated heterocycles. The van der Waals surface area contributed by atoms with Gasteiger partial charge >= 0.3 is 0 Å². The van der Waals surface area contributed by atoms with E-state index in [9.17, 15) is 4.79 Å². The van der Waals surface area contributed by atoms with Gasteiger partial charge in [-0.15, -0.1) is 0 Å². The SMILES string of the molecule is COc1ccc(Nc2cc(N3CCN(c4ccccc4OC)CC3)c3noc4c3c2C(=O)c2ccccc2-4)cc1. The maximum Gasteiger partial charge on any atom is 0.196 e. The highest BCUT2D eigenvalue weighted by Crippen LogP contribution is 2.46. The maximum atomic E-state index is 13.9. The molecule has 8 heteroatoms. The number of nitrogens with zero attached hydrogens (tertiary/aromatic N) is 3. The lowest BCUT2D eigenvalue weighted by molar-refractivity contribution is 0.104. The largest absolute Gasteiger partial charge is 0.497 e. The Balaban J connectivity index is 1.31. The molecule has 40 heavy (non-hydrogen) atoms. The molecule has 0 saturated carbocycles. The lowest BCUT2D eigenvalue weighted by atomic mass is 9.86. The average Bonchev–Trinajstić information content (AvgIpc) is 3.46. The summed E-state index contributed by atoms with van der Waals surface area (Å²) in [6.45, 7) is 3.19. The van der Waals surface area contributed by atoms with Crippen molar-refractivity contribution in [2.45, 2.75) is 0 Å². The van der Waals surface area contributed by atoms with E-state index in [-0.39, 0.29) is 5.78 Å². The van der Waals surface area contributed by atoms with Crippen LogP contribution < -0.4 is 24.6 Å². The molecule has 1 N–H and O–H groups in total. The molecule has 0 amide bonds. The third-order valence-electron chi connectivity index (χ3n) is 7.79. The molecule has 1 aliphatic carbocycles. The van der Waals surface area contributed by atoms with Crippen molar-refractivity contribution in [3.8, 4) is 22.8 Å². The molecule has 7 rings (SSSR count). The summed E-state index contributed by atoms with van der Waals surface area (Å²) in [5, 5.41) is 8.79. The lowest BCUT2D eigenvalue weighted by Crippen LogP contribution is -2.46. The Bertz CT molecular complexity index is 1740. The van der Waals surface area contributed by atoms with Gasteiger partial charge in [0.25, 0.3) is 0 Å². The van der Waals surface area contributed by atoms with Crippen LogP contribution in [0.3, 0.4) is 0 Å². The molecule has 0 radical (unpaired) electrons.